The Morgan fingerprint density at radius 1 is 1.26 bits per heavy atom. The minimum absolute atomic E-state index is 0.109. The number of amides is 2. The predicted octanol–water partition coefficient (Wildman–Crippen LogP) is 4.38. The second-order valence-electron chi connectivity index (χ2n) is 8.76. The molecule has 2 amide bonds. The molecule has 0 atom stereocenters. The highest BCUT2D eigenvalue weighted by Gasteiger charge is 2.46. The second-order valence-corrected chi connectivity index (χ2v) is 8.76. The summed E-state index contributed by atoms with van der Waals surface area (Å²) in [6.45, 7) is 9.99. The van der Waals surface area contributed by atoms with Crippen molar-refractivity contribution in [3.05, 3.63) is 42.0 Å². The lowest BCUT2D eigenvalue weighted by Gasteiger charge is -2.39. The number of urea groups is 1. The van der Waals surface area contributed by atoms with Gasteiger partial charge in [0.2, 0.25) is 0 Å². The molecular weight excluding hydrogens is 334 g/mol. The van der Waals surface area contributed by atoms with Crippen molar-refractivity contribution in [3.63, 3.8) is 0 Å². The molecule has 1 saturated heterocycles. The molecule has 2 heterocycles. The zero-order chi connectivity index (χ0) is 18.9. The zero-order valence-electron chi connectivity index (χ0n) is 16.7. The van der Waals surface area contributed by atoms with Gasteiger partial charge >= 0.3 is 6.03 Å². The van der Waals surface area contributed by atoms with Gasteiger partial charge in [0.15, 0.2) is 0 Å². The first-order valence-corrected chi connectivity index (χ1v) is 10.6. The quantitative estimate of drug-likeness (QED) is 0.805. The fraction of sp³-hybridized carbons (Fsp3) is 0.609. The van der Waals surface area contributed by atoms with Gasteiger partial charge in [0, 0.05) is 30.2 Å². The Kier molecular flexibility index (Phi) is 5.27. The molecule has 27 heavy (non-hydrogen) atoms. The van der Waals surface area contributed by atoms with Gasteiger partial charge in [-0.3, -0.25) is 9.80 Å². The molecule has 1 saturated carbocycles. The number of carbonyl (C=O) groups is 1. The van der Waals surface area contributed by atoms with Crippen molar-refractivity contribution >= 4 is 11.7 Å². The first kappa shape index (κ1) is 18.5. The van der Waals surface area contributed by atoms with Crippen LogP contribution in [0, 0.1) is 6.92 Å². The summed E-state index contributed by atoms with van der Waals surface area (Å²) in [4.78, 5) is 17.7. The van der Waals surface area contributed by atoms with E-state index in [9.17, 15) is 4.79 Å². The number of carbonyl (C=O) groups excluding carboxylic acids is 1. The molecule has 4 heteroatoms. The SMILES string of the molecule is C=CCN1CCC2(CC1)CN(C(=O)NC1CCCCC1)c1ccc(C)cc12. The predicted molar refractivity (Wildman–Crippen MR) is 111 cm³/mol. The Morgan fingerprint density at radius 2 is 2.00 bits per heavy atom. The van der Waals surface area contributed by atoms with Crippen LogP contribution in [0.4, 0.5) is 10.5 Å². The van der Waals surface area contributed by atoms with E-state index in [2.05, 4.69) is 41.9 Å². The van der Waals surface area contributed by atoms with Crippen LogP contribution in [-0.2, 0) is 5.41 Å². The van der Waals surface area contributed by atoms with E-state index in [1.54, 1.807) is 0 Å². The van der Waals surface area contributed by atoms with Crippen LogP contribution in [0.25, 0.3) is 0 Å². The molecule has 1 spiro atoms. The van der Waals surface area contributed by atoms with Gasteiger partial charge in [-0.1, -0.05) is 43.0 Å². The normalized spacial score (nSPS) is 22.6. The average molecular weight is 368 g/mol. The highest BCUT2D eigenvalue weighted by atomic mass is 16.2. The highest BCUT2D eigenvalue weighted by molar-refractivity contribution is 5.95. The van der Waals surface area contributed by atoms with Gasteiger partial charge in [0.1, 0.15) is 0 Å². The summed E-state index contributed by atoms with van der Waals surface area (Å²) in [5.74, 6) is 0. The lowest BCUT2D eigenvalue weighted by atomic mass is 9.74. The summed E-state index contributed by atoms with van der Waals surface area (Å²) in [7, 11) is 0. The van der Waals surface area contributed by atoms with E-state index in [1.807, 2.05) is 11.0 Å². The monoisotopic (exact) mass is 367 g/mol. The van der Waals surface area contributed by atoms with Gasteiger partial charge in [-0.2, -0.15) is 0 Å². The number of aryl methyl sites for hydroxylation is 1. The molecule has 4 rings (SSSR count). The van der Waals surface area contributed by atoms with Crippen molar-refractivity contribution in [3.8, 4) is 0 Å². The number of hydrogen-bond acceptors (Lipinski definition) is 2. The molecule has 2 fully saturated rings. The van der Waals surface area contributed by atoms with Crippen molar-refractivity contribution < 1.29 is 4.79 Å². The Labute approximate surface area is 163 Å². The molecule has 0 aromatic heterocycles. The molecule has 3 aliphatic rings. The van der Waals surface area contributed by atoms with E-state index >= 15 is 0 Å². The number of piperidine rings is 1. The average Bonchev–Trinajstić information content (AvgIpc) is 2.99. The van der Waals surface area contributed by atoms with Crippen LogP contribution in [0.2, 0.25) is 0 Å². The van der Waals surface area contributed by atoms with Crippen LogP contribution in [-0.4, -0.2) is 43.2 Å². The van der Waals surface area contributed by atoms with Crippen LogP contribution in [0.15, 0.2) is 30.9 Å². The summed E-state index contributed by atoms with van der Waals surface area (Å²) in [5.41, 5.74) is 3.92. The molecule has 0 unspecified atom stereocenters. The minimum atomic E-state index is 0.109. The second kappa shape index (κ2) is 7.67. The number of benzene rings is 1. The van der Waals surface area contributed by atoms with E-state index in [0.29, 0.717) is 6.04 Å². The maximum atomic E-state index is 13.1. The molecule has 2 aliphatic heterocycles. The molecule has 4 nitrogen and oxygen atoms in total. The van der Waals surface area contributed by atoms with Gasteiger partial charge in [-0.15, -0.1) is 6.58 Å². The number of fused-ring (bicyclic) bond motifs is 2. The van der Waals surface area contributed by atoms with E-state index in [4.69, 9.17) is 0 Å². The van der Waals surface area contributed by atoms with Crippen LogP contribution in [0.1, 0.15) is 56.1 Å². The molecule has 0 bridgehead atoms. The van der Waals surface area contributed by atoms with E-state index in [0.717, 1.165) is 57.5 Å². The van der Waals surface area contributed by atoms with Crippen LogP contribution >= 0.6 is 0 Å². The maximum Gasteiger partial charge on any atom is 0.322 e. The Balaban J connectivity index is 1.55. The molecule has 1 N–H and O–H groups in total. The van der Waals surface area contributed by atoms with E-state index < -0.39 is 0 Å². The van der Waals surface area contributed by atoms with Crippen molar-refractivity contribution in [1.82, 2.24) is 10.2 Å². The topological polar surface area (TPSA) is 35.6 Å². The van der Waals surface area contributed by atoms with Gasteiger partial charge < -0.3 is 5.32 Å². The molecule has 1 aliphatic carbocycles. The third kappa shape index (κ3) is 3.64. The molecule has 1 aromatic rings. The number of hydrogen-bond donors (Lipinski definition) is 1. The molecule has 146 valence electrons. The molecular formula is C23H33N3O. The van der Waals surface area contributed by atoms with Crippen molar-refractivity contribution in [2.45, 2.75) is 63.3 Å². The number of nitrogens with one attached hydrogen (secondary N) is 1. The highest BCUT2D eigenvalue weighted by Crippen LogP contribution is 2.47. The summed E-state index contributed by atoms with van der Waals surface area (Å²) in [6.07, 6.45) is 10.3. The maximum absolute atomic E-state index is 13.1. The fourth-order valence-electron chi connectivity index (χ4n) is 5.24. The third-order valence-electron chi connectivity index (χ3n) is 6.85. The molecule has 0 radical (unpaired) electrons. The lowest BCUT2D eigenvalue weighted by Crippen LogP contribution is -2.49. The van der Waals surface area contributed by atoms with Gasteiger partial charge in [0.05, 0.1) is 0 Å². The lowest BCUT2D eigenvalue weighted by molar-refractivity contribution is 0.179. The number of nitrogens with zero attached hydrogens (tertiary/aromatic N) is 2. The first-order chi connectivity index (χ1) is 13.1. The number of likely N-dealkylation sites (tertiary alicyclic amines) is 1. The Hall–Kier alpha value is -1.81. The zero-order valence-corrected chi connectivity index (χ0v) is 16.7. The summed E-state index contributed by atoms with van der Waals surface area (Å²) >= 11 is 0. The van der Waals surface area contributed by atoms with Gasteiger partial charge in [-0.25, -0.2) is 4.79 Å². The number of rotatable bonds is 3. The van der Waals surface area contributed by atoms with Crippen molar-refractivity contribution in [2.75, 3.05) is 31.1 Å². The van der Waals surface area contributed by atoms with E-state index in [-0.39, 0.29) is 11.4 Å². The molecule has 1 aromatic carbocycles. The summed E-state index contributed by atoms with van der Waals surface area (Å²) < 4.78 is 0. The van der Waals surface area contributed by atoms with Crippen LogP contribution in [0.3, 0.4) is 0 Å². The van der Waals surface area contributed by atoms with Gasteiger partial charge in [0.25, 0.3) is 0 Å². The summed E-state index contributed by atoms with van der Waals surface area (Å²) in [6, 6.07) is 7.09. The van der Waals surface area contributed by atoms with Crippen molar-refractivity contribution in [2.24, 2.45) is 0 Å². The van der Waals surface area contributed by atoms with Crippen molar-refractivity contribution in [1.29, 1.82) is 0 Å². The van der Waals surface area contributed by atoms with Crippen LogP contribution in [0.5, 0.6) is 0 Å². The standard InChI is InChI=1S/C23H33N3O/c1-3-13-25-14-11-23(12-15-25)17-26(21-10-9-18(2)16-20(21)23)22(27)24-19-7-5-4-6-8-19/h3,9-10,16,19H,1,4-8,11-15,17H2,2H3,(H,24,27). The largest absolute Gasteiger partial charge is 0.335 e. The first-order valence-electron chi connectivity index (χ1n) is 10.6. The van der Waals surface area contributed by atoms with Gasteiger partial charge in [-0.05, 0) is 57.3 Å². The minimum Gasteiger partial charge on any atom is -0.335 e. The summed E-state index contributed by atoms with van der Waals surface area (Å²) in [5, 5.41) is 3.33. The Bertz CT molecular complexity index is 700. The smallest absolute Gasteiger partial charge is 0.322 e. The fourth-order valence-corrected chi connectivity index (χ4v) is 5.24. The number of anilines is 1. The Morgan fingerprint density at radius 3 is 2.70 bits per heavy atom. The van der Waals surface area contributed by atoms with E-state index in [1.165, 1.54) is 30.4 Å². The van der Waals surface area contributed by atoms with Crippen LogP contribution < -0.4 is 10.2 Å². The third-order valence-corrected chi connectivity index (χ3v) is 6.85.